The summed E-state index contributed by atoms with van der Waals surface area (Å²) in [6, 6.07) is 11.7. The van der Waals surface area contributed by atoms with Gasteiger partial charge in [-0.05, 0) is 37.2 Å². The summed E-state index contributed by atoms with van der Waals surface area (Å²) >= 11 is 0. The van der Waals surface area contributed by atoms with Gasteiger partial charge in [0.25, 0.3) is 5.91 Å². The molecule has 25 heavy (non-hydrogen) atoms. The third kappa shape index (κ3) is 5.87. The zero-order chi connectivity index (χ0) is 18.1. The molecule has 0 aliphatic carbocycles. The Morgan fingerprint density at radius 3 is 2.40 bits per heavy atom. The smallest absolute Gasteiger partial charge is 0.251 e. The molecule has 0 bridgehead atoms. The first-order valence-electron chi connectivity index (χ1n) is 8.83. The number of carbonyl (C=O) groups excluding carboxylic acids is 1. The molecule has 2 aromatic rings. The minimum atomic E-state index is -0.129. The number of carbonyl (C=O) groups is 1. The van der Waals surface area contributed by atoms with Crippen molar-refractivity contribution in [1.82, 2.24) is 15.2 Å². The van der Waals surface area contributed by atoms with E-state index in [2.05, 4.69) is 53.3 Å². The van der Waals surface area contributed by atoms with Crippen LogP contribution in [0.3, 0.4) is 0 Å². The van der Waals surface area contributed by atoms with Crippen LogP contribution >= 0.6 is 0 Å². The highest BCUT2D eigenvalue weighted by atomic mass is 16.5. The van der Waals surface area contributed by atoms with E-state index < -0.39 is 0 Å². The summed E-state index contributed by atoms with van der Waals surface area (Å²) in [5, 5.41) is 2.93. The van der Waals surface area contributed by atoms with Gasteiger partial charge in [-0.1, -0.05) is 38.1 Å². The third-order valence-corrected chi connectivity index (χ3v) is 4.07. The van der Waals surface area contributed by atoms with Crippen LogP contribution in [0.5, 0.6) is 5.88 Å². The maximum Gasteiger partial charge on any atom is 0.251 e. The molecular formula is C20H27N3O2. The third-order valence-electron chi connectivity index (χ3n) is 4.07. The predicted molar refractivity (Wildman–Crippen MR) is 99.6 cm³/mol. The molecule has 0 radical (unpaired) electrons. The molecule has 134 valence electrons. The normalized spacial score (nSPS) is 10.7. The zero-order valence-corrected chi connectivity index (χ0v) is 15.3. The van der Waals surface area contributed by atoms with Gasteiger partial charge in [-0.15, -0.1) is 0 Å². The van der Waals surface area contributed by atoms with Gasteiger partial charge in [0, 0.05) is 30.9 Å². The summed E-state index contributed by atoms with van der Waals surface area (Å²) in [5.74, 6) is 0.339. The fraction of sp³-hybridized carbons (Fsp3) is 0.400. The average molecular weight is 341 g/mol. The van der Waals surface area contributed by atoms with Crippen molar-refractivity contribution in [3.05, 3.63) is 59.3 Å². The van der Waals surface area contributed by atoms with E-state index in [0.717, 1.165) is 25.2 Å². The van der Waals surface area contributed by atoms with E-state index in [1.807, 2.05) is 6.92 Å². The highest BCUT2D eigenvalue weighted by Gasteiger charge is 2.07. The molecule has 0 unspecified atom stereocenters. The first-order valence-corrected chi connectivity index (χ1v) is 8.83. The SMILES string of the molecule is CCOc1cc(C(=O)NCc2ccc(CN(CC)CC)cc2)ccn1. The van der Waals surface area contributed by atoms with Crippen molar-refractivity contribution in [3.8, 4) is 5.88 Å². The molecule has 0 atom stereocenters. The van der Waals surface area contributed by atoms with Crippen molar-refractivity contribution in [2.75, 3.05) is 19.7 Å². The van der Waals surface area contributed by atoms with E-state index in [0.29, 0.717) is 24.6 Å². The number of hydrogen-bond donors (Lipinski definition) is 1. The van der Waals surface area contributed by atoms with Gasteiger partial charge in [-0.25, -0.2) is 4.98 Å². The number of benzene rings is 1. The molecule has 1 aromatic carbocycles. The van der Waals surface area contributed by atoms with Crippen LogP contribution in [0.4, 0.5) is 0 Å². The van der Waals surface area contributed by atoms with Crippen molar-refractivity contribution in [3.63, 3.8) is 0 Å². The van der Waals surface area contributed by atoms with Crippen LogP contribution in [-0.4, -0.2) is 35.5 Å². The van der Waals surface area contributed by atoms with E-state index in [4.69, 9.17) is 4.74 Å². The lowest BCUT2D eigenvalue weighted by atomic mass is 10.1. The first kappa shape index (κ1) is 18.9. The number of ether oxygens (including phenoxy) is 1. The Kier molecular flexibility index (Phi) is 7.41. The number of nitrogens with zero attached hydrogens (tertiary/aromatic N) is 2. The van der Waals surface area contributed by atoms with Crippen LogP contribution in [0.2, 0.25) is 0 Å². The standard InChI is InChI=1S/C20H27N3O2/c1-4-23(5-2)15-17-9-7-16(8-10-17)14-22-20(24)18-11-12-21-19(13-18)25-6-3/h7-13H,4-6,14-15H2,1-3H3,(H,22,24). The molecule has 1 amide bonds. The monoisotopic (exact) mass is 341 g/mol. The number of aromatic nitrogens is 1. The molecule has 0 saturated heterocycles. The minimum Gasteiger partial charge on any atom is -0.478 e. The molecule has 1 aromatic heterocycles. The lowest BCUT2D eigenvalue weighted by molar-refractivity contribution is 0.0950. The lowest BCUT2D eigenvalue weighted by Gasteiger charge is -2.18. The second-order valence-electron chi connectivity index (χ2n) is 5.78. The van der Waals surface area contributed by atoms with Crippen molar-refractivity contribution < 1.29 is 9.53 Å². The molecule has 2 rings (SSSR count). The minimum absolute atomic E-state index is 0.129. The summed E-state index contributed by atoms with van der Waals surface area (Å²) in [4.78, 5) is 18.7. The van der Waals surface area contributed by atoms with Gasteiger partial charge >= 0.3 is 0 Å². The zero-order valence-electron chi connectivity index (χ0n) is 15.3. The first-order chi connectivity index (χ1) is 12.2. The number of nitrogens with one attached hydrogen (secondary N) is 1. The molecule has 0 saturated carbocycles. The van der Waals surface area contributed by atoms with Crippen LogP contribution in [0.15, 0.2) is 42.6 Å². The van der Waals surface area contributed by atoms with Crippen molar-refractivity contribution in [2.45, 2.75) is 33.9 Å². The average Bonchev–Trinajstić information content (AvgIpc) is 2.65. The van der Waals surface area contributed by atoms with Crippen LogP contribution in [-0.2, 0) is 13.1 Å². The topological polar surface area (TPSA) is 54.5 Å². The van der Waals surface area contributed by atoms with Gasteiger partial charge in [0.1, 0.15) is 0 Å². The molecule has 1 N–H and O–H groups in total. The van der Waals surface area contributed by atoms with Crippen LogP contribution in [0, 0.1) is 0 Å². The number of amides is 1. The Balaban J connectivity index is 1.90. The summed E-state index contributed by atoms with van der Waals surface area (Å²) < 4.78 is 5.33. The second-order valence-corrected chi connectivity index (χ2v) is 5.78. The molecule has 0 fully saturated rings. The lowest BCUT2D eigenvalue weighted by Crippen LogP contribution is -2.23. The fourth-order valence-electron chi connectivity index (χ4n) is 2.53. The highest BCUT2D eigenvalue weighted by Crippen LogP contribution is 2.10. The van der Waals surface area contributed by atoms with Gasteiger partial charge < -0.3 is 10.1 Å². The van der Waals surface area contributed by atoms with Gasteiger partial charge in [0.05, 0.1) is 6.61 Å². The van der Waals surface area contributed by atoms with Crippen molar-refractivity contribution in [1.29, 1.82) is 0 Å². The number of pyridine rings is 1. The van der Waals surface area contributed by atoms with Crippen LogP contribution in [0.1, 0.15) is 42.3 Å². The number of rotatable bonds is 9. The van der Waals surface area contributed by atoms with Gasteiger partial charge in [0.15, 0.2) is 0 Å². The largest absolute Gasteiger partial charge is 0.478 e. The van der Waals surface area contributed by atoms with Gasteiger partial charge in [0.2, 0.25) is 5.88 Å². The Hall–Kier alpha value is -2.40. The van der Waals surface area contributed by atoms with Gasteiger partial charge in [-0.2, -0.15) is 0 Å². The molecule has 5 nitrogen and oxygen atoms in total. The van der Waals surface area contributed by atoms with E-state index in [1.54, 1.807) is 18.3 Å². The maximum absolute atomic E-state index is 12.3. The summed E-state index contributed by atoms with van der Waals surface area (Å²) in [5.41, 5.74) is 2.92. The van der Waals surface area contributed by atoms with E-state index in [9.17, 15) is 4.79 Å². The van der Waals surface area contributed by atoms with E-state index in [1.165, 1.54) is 5.56 Å². The van der Waals surface area contributed by atoms with Gasteiger partial charge in [-0.3, -0.25) is 9.69 Å². The number of hydrogen-bond acceptors (Lipinski definition) is 4. The van der Waals surface area contributed by atoms with Crippen molar-refractivity contribution >= 4 is 5.91 Å². The molecule has 0 aliphatic heterocycles. The van der Waals surface area contributed by atoms with Crippen molar-refractivity contribution in [2.24, 2.45) is 0 Å². The molecule has 5 heteroatoms. The molecule has 1 heterocycles. The second kappa shape index (κ2) is 9.79. The summed E-state index contributed by atoms with van der Waals surface area (Å²) in [6.45, 7) is 10.3. The highest BCUT2D eigenvalue weighted by molar-refractivity contribution is 5.94. The van der Waals surface area contributed by atoms with Crippen LogP contribution in [0.25, 0.3) is 0 Å². The molecule has 0 spiro atoms. The summed E-state index contributed by atoms with van der Waals surface area (Å²) in [7, 11) is 0. The fourth-order valence-corrected chi connectivity index (χ4v) is 2.53. The molecular weight excluding hydrogens is 314 g/mol. The van der Waals surface area contributed by atoms with E-state index in [-0.39, 0.29) is 5.91 Å². The maximum atomic E-state index is 12.3. The van der Waals surface area contributed by atoms with Crippen LogP contribution < -0.4 is 10.1 Å². The van der Waals surface area contributed by atoms with E-state index >= 15 is 0 Å². The molecule has 0 aliphatic rings. The Morgan fingerprint density at radius 2 is 1.76 bits per heavy atom. The summed E-state index contributed by atoms with van der Waals surface area (Å²) in [6.07, 6.45) is 1.59. The Labute approximate surface area is 150 Å². The quantitative estimate of drug-likeness (QED) is 0.761. The Morgan fingerprint density at radius 1 is 1.08 bits per heavy atom. The predicted octanol–water partition coefficient (Wildman–Crippen LogP) is 3.25. The Bertz CT molecular complexity index is 667.